The van der Waals surface area contributed by atoms with Crippen molar-refractivity contribution in [3.63, 3.8) is 0 Å². The molecule has 0 bridgehead atoms. The second-order valence-electron chi connectivity index (χ2n) is 4.56. The van der Waals surface area contributed by atoms with Crippen LogP contribution in [0.4, 0.5) is 5.69 Å². The molecule has 2 rings (SSSR count). The highest BCUT2D eigenvalue weighted by Crippen LogP contribution is 2.38. The first-order valence-electron chi connectivity index (χ1n) is 6.18. The van der Waals surface area contributed by atoms with Gasteiger partial charge in [-0.2, -0.15) is 0 Å². The van der Waals surface area contributed by atoms with E-state index in [1.807, 2.05) is 13.8 Å². The summed E-state index contributed by atoms with van der Waals surface area (Å²) in [5.41, 5.74) is 0.680. The number of ether oxygens (including phenoxy) is 2. The summed E-state index contributed by atoms with van der Waals surface area (Å²) in [6.07, 6.45) is 0. The normalized spacial score (nSPS) is 13.5. The fourth-order valence-electron chi connectivity index (χ4n) is 1.65. The number of carbonyl (C=O) groups excluding carboxylic acids is 1. The third-order valence-electron chi connectivity index (χ3n) is 2.58. The van der Waals surface area contributed by atoms with Crippen LogP contribution in [0.25, 0.3) is 0 Å². The molecule has 1 amide bonds. The van der Waals surface area contributed by atoms with Crippen LogP contribution in [-0.4, -0.2) is 31.7 Å². The van der Waals surface area contributed by atoms with Gasteiger partial charge in [-0.25, -0.2) is 0 Å². The molecule has 1 heterocycles. The molecule has 0 aliphatic carbocycles. The van der Waals surface area contributed by atoms with Gasteiger partial charge >= 0.3 is 0 Å². The Kier molecular flexibility index (Phi) is 4.66. The predicted molar refractivity (Wildman–Crippen MR) is 76.9 cm³/mol. The summed E-state index contributed by atoms with van der Waals surface area (Å²) >= 11 is 3.41. The first-order chi connectivity index (χ1) is 9.06. The van der Waals surface area contributed by atoms with Gasteiger partial charge in [0.15, 0.2) is 11.5 Å². The zero-order valence-corrected chi connectivity index (χ0v) is 12.5. The van der Waals surface area contributed by atoms with E-state index in [1.54, 1.807) is 12.1 Å². The highest BCUT2D eigenvalue weighted by atomic mass is 79.9. The molecule has 1 aromatic carbocycles. The standard InChI is InChI=1S/C13H17BrN2O3/c1-8(2)15-7-13(17)16-10-6-12-11(5-9(10)14)18-3-4-19-12/h5-6,8,15H,3-4,7H2,1-2H3,(H,16,17). The zero-order valence-electron chi connectivity index (χ0n) is 11.0. The van der Waals surface area contributed by atoms with E-state index in [0.717, 1.165) is 4.47 Å². The molecule has 0 saturated carbocycles. The maximum absolute atomic E-state index is 11.8. The van der Waals surface area contributed by atoms with Crippen molar-refractivity contribution in [2.24, 2.45) is 0 Å². The van der Waals surface area contributed by atoms with Gasteiger partial charge in [0, 0.05) is 22.6 Å². The van der Waals surface area contributed by atoms with Crippen LogP contribution < -0.4 is 20.1 Å². The van der Waals surface area contributed by atoms with Crippen LogP contribution in [0, 0.1) is 0 Å². The Morgan fingerprint density at radius 3 is 2.58 bits per heavy atom. The van der Waals surface area contributed by atoms with E-state index in [4.69, 9.17) is 9.47 Å². The number of rotatable bonds is 4. The summed E-state index contributed by atoms with van der Waals surface area (Å²) in [6.45, 7) is 5.33. The van der Waals surface area contributed by atoms with Gasteiger partial charge in [0.2, 0.25) is 5.91 Å². The maximum atomic E-state index is 11.8. The minimum atomic E-state index is -0.0916. The van der Waals surface area contributed by atoms with Crippen LogP contribution in [0.3, 0.4) is 0 Å². The van der Waals surface area contributed by atoms with Crippen molar-refractivity contribution in [3.05, 3.63) is 16.6 Å². The molecule has 0 unspecified atom stereocenters. The quantitative estimate of drug-likeness (QED) is 0.889. The molecule has 1 aliphatic heterocycles. The number of amides is 1. The Morgan fingerprint density at radius 1 is 1.32 bits per heavy atom. The van der Waals surface area contributed by atoms with Gasteiger partial charge in [0.25, 0.3) is 0 Å². The summed E-state index contributed by atoms with van der Waals surface area (Å²) in [5.74, 6) is 1.25. The van der Waals surface area contributed by atoms with Gasteiger partial charge in [-0.3, -0.25) is 4.79 Å². The third-order valence-corrected chi connectivity index (χ3v) is 3.23. The van der Waals surface area contributed by atoms with Crippen molar-refractivity contribution >= 4 is 27.5 Å². The summed E-state index contributed by atoms with van der Waals surface area (Å²) in [7, 11) is 0. The highest BCUT2D eigenvalue weighted by Gasteiger charge is 2.16. The molecule has 6 heteroatoms. The highest BCUT2D eigenvalue weighted by molar-refractivity contribution is 9.10. The number of anilines is 1. The zero-order chi connectivity index (χ0) is 13.8. The number of nitrogens with one attached hydrogen (secondary N) is 2. The fourth-order valence-corrected chi connectivity index (χ4v) is 2.07. The Bertz CT molecular complexity index is 477. The first-order valence-corrected chi connectivity index (χ1v) is 6.98. The molecule has 0 spiro atoms. The van der Waals surface area contributed by atoms with Crippen LogP contribution >= 0.6 is 15.9 Å². The average molecular weight is 329 g/mol. The minimum Gasteiger partial charge on any atom is -0.486 e. The van der Waals surface area contributed by atoms with Gasteiger partial charge in [-0.05, 0) is 15.9 Å². The van der Waals surface area contributed by atoms with E-state index < -0.39 is 0 Å². The molecular weight excluding hydrogens is 312 g/mol. The minimum absolute atomic E-state index is 0.0916. The Hall–Kier alpha value is -1.27. The van der Waals surface area contributed by atoms with Gasteiger partial charge in [-0.15, -0.1) is 0 Å². The third kappa shape index (κ3) is 3.84. The Balaban J connectivity index is 2.05. The molecular formula is C13H17BrN2O3. The van der Waals surface area contributed by atoms with E-state index in [9.17, 15) is 4.79 Å². The van der Waals surface area contributed by atoms with Crippen molar-refractivity contribution in [3.8, 4) is 11.5 Å². The van der Waals surface area contributed by atoms with E-state index in [1.165, 1.54) is 0 Å². The molecule has 19 heavy (non-hydrogen) atoms. The van der Waals surface area contributed by atoms with Crippen molar-refractivity contribution < 1.29 is 14.3 Å². The lowest BCUT2D eigenvalue weighted by Gasteiger charge is -2.20. The second kappa shape index (κ2) is 6.25. The molecule has 0 fully saturated rings. The van der Waals surface area contributed by atoms with Gasteiger partial charge < -0.3 is 20.1 Å². The Morgan fingerprint density at radius 2 is 1.95 bits per heavy atom. The van der Waals surface area contributed by atoms with E-state index >= 15 is 0 Å². The van der Waals surface area contributed by atoms with E-state index in [2.05, 4.69) is 26.6 Å². The number of hydrogen-bond donors (Lipinski definition) is 2. The van der Waals surface area contributed by atoms with Gasteiger partial charge in [-0.1, -0.05) is 13.8 Å². The van der Waals surface area contributed by atoms with E-state index in [-0.39, 0.29) is 18.5 Å². The lowest BCUT2D eigenvalue weighted by Crippen LogP contribution is -2.32. The van der Waals surface area contributed by atoms with Gasteiger partial charge in [0.05, 0.1) is 12.2 Å². The monoisotopic (exact) mass is 328 g/mol. The number of fused-ring (bicyclic) bond motifs is 1. The van der Waals surface area contributed by atoms with Crippen LogP contribution in [0.1, 0.15) is 13.8 Å². The summed E-state index contributed by atoms with van der Waals surface area (Å²) in [5, 5.41) is 5.90. The lowest BCUT2D eigenvalue weighted by atomic mass is 10.2. The Labute approximate surface area is 120 Å². The first kappa shape index (κ1) is 14.1. The van der Waals surface area contributed by atoms with Crippen LogP contribution in [0.5, 0.6) is 11.5 Å². The van der Waals surface area contributed by atoms with Crippen molar-refractivity contribution in [2.75, 3.05) is 25.1 Å². The number of benzene rings is 1. The van der Waals surface area contributed by atoms with Crippen LogP contribution in [-0.2, 0) is 4.79 Å². The fraction of sp³-hybridized carbons (Fsp3) is 0.462. The number of carbonyl (C=O) groups is 1. The SMILES string of the molecule is CC(C)NCC(=O)Nc1cc2c(cc1Br)OCCO2. The molecule has 0 radical (unpaired) electrons. The predicted octanol–water partition coefficient (Wildman–Crippen LogP) is 2.16. The molecule has 2 N–H and O–H groups in total. The lowest BCUT2D eigenvalue weighted by molar-refractivity contribution is -0.115. The maximum Gasteiger partial charge on any atom is 0.238 e. The largest absolute Gasteiger partial charge is 0.486 e. The number of halogens is 1. The second-order valence-corrected chi connectivity index (χ2v) is 5.41. The molecule has 0 saturated heterocycles. The molecule has 1 aromatic rings. The smallest absolute Gasteiger partial charge is 0.238 e. The van der Waals surface area contributed by atoms with Crippen molar-refractivity contribution in [1.29, 1.82) is 0 Å². The summed E-state index contributed by atoms with van der Waals surface area (Å²) in [4.78, 5) is 11.8. The molecule has 0 aromatic heterocycles. The number of hydrogen-bond acceptors (Lipinski definition) is 4. The topological polar surface area (TPSA) is 59.6 Å². The van der Waals surface area contributed by atoms with Crippen LogP contribution in [0.2, 0.25) is 0 Å². The summed E-state index contributed by atoms with van der Waals surface area (Å²) in [6, 6.07) is 3.85. The van der Waals surface area contributed by atoms with Crippen LogP contribution in [0.15, 0.2) is 16.6 Å². The van der Waals surface area contributed by atoms with Crippen molar-refractivity contribution in [1.82, 2.24) is 5.32 Å². The summed E-state index contributed by atoms with van der Waals surface area (Å²) < 4.78 is 11.7. The molecule has 0 atom stereocenters. The molecule has 1 aliphatic rings. The molecule has 5 nitrogen and oxygen atoms in total. The van der Waals surface area contributed by atoms with Gasteiger partial charge in [0.1, 0.15) is 13.2 Å². The average Bonchev–Trinajstić information content (AvgIpc) is 2.37. The van der Waals surface area contributed by atoms with Crippen molar-refractivity contribution in [2.45, 2.75) is 19.9 Å². The van der Waals surface area contributed by atoms with E-state index in [0.29, 0.717) is 30.4 Å². The molecule has 104 valence electrons.